The first kappa shape index (κ1) is 14.5. The van der Waals surface area contributed by atoms with Crippen molar-refractivity contribution in [2.75, 3.05) is 37.6 Å². The van der Waals surface area contributed by atoms with Crippen molar-refractivity contribution in [2.24, 2.45) is 0 Å². The number of pyridine rings is 1. The van der Waals surface area contributed by atoms with Gasteiger partial charge in [-0.3, -0.25) is 14.7 Å². The minimum absolute atomic E-state index is 0.0665. The zero-order valence-electron chi connectivity index (χ0n) is 13.1. The lowest BCUT2D eigenvalue weighted by Gasteiger charge is -2.32. The number of hydrogen-bond donors (Lipinski definition) is 1. The van der Waals surface area contributed by atoms with Gasteiger partial charge >= 0.3 is 0 Å². The van der Waals surface area contributed by atoms with Gasteiger partial charge in [0.05, 0.1) is 17.9 Å². The first-order valence-electron chi connectivity index (χ1n) is 7.69. The van der Waals surface area contributed by atoms with Gasteiger partial charge in [0, 0.05) is 43.8 Å². The fraction of sp³-hybridized carbons (Fsp3) is 0.625. The number of aromatic nitrogens is 1. The van der Waals surface area contributed by atoms with Crippen molar-refractivity contribution in [1.29, 1.82) is 0 Å². The third-order valence-electron chi connectivity index (χ3n) is 4.38. The van der Waals surface area contributed by atoms with Crippen LogP contribution in [0.1, 0.15) is 26.5 Å². The van der Waals surface area contributed by atoms with Crippen LogP contribution in [0.4, 0.5) is 5.69 Å². The van der Waals surface area contributed by atoms with Crippen LogP contribution in [0.25, 0.3) is 0 Å². The topological polar surface area (TPSA) is 48.5 Å². The van der Waals surface area contributed by atoms with E-state index < -0.39 is 0 Å². The first-order valence-corrected chi connectivity index (χ1v) is 7.69. The van der Waals surface area contributed by atoms with Crippen molar-refractivity contribution in [2.45, 2.75) is 32.2 Å². The van der Waals surface area contributed by atoms with Crippen LogP contribution in [-0.2, 0) is 10.2 Å². The Bertz CT molecular complexity index is 543. The Kier molecular flexibility index (Phi) is 3.71. The van der Waals surface area contributed by atoms with E-state index in [4.69, 9.17) is 0 Å². The van der Waals surface area contributed by atoms with Crippen LogP contribution in [0, 0.1) is 0 Å². The minimum Gasteiger partial charge on any atom is -0.312 e. The fourth-order valence-corrected chi connectivity index (χ4v) is 3.35. The maximum atomic E-state index is 12.7. The molecule has 114 valence electrons. The van der Waals surface area contributed by atoms with Crippen molar-refractivity contribution in [1.82, 2.24) is 15.2 Å². The average molecular weight is 288 g/mol. The highest BCUT2D eigenvalue weighted by Gasteiger charge is 2.39. The molecule has 1 amide bonds. The van der Waals surface area contributed by atoms with Gasteiger partial charge < -0.3 is 10.2 Å². The number of nitrogens with one attached hydrogen (secondary N) is 1. The van der Waals surface area contributed by atoms with Gasteiger partial charge in [-0.2, -0.15) is 0 Å². The van der Waals surface area contributed by atoms with E-state index in [1.807, 2.05) is 23.2 Å². The maximum Gasteiger partial charge on any atom is 0.241 e. The highest BCUT2D eigenvalue weighted by Crippen LogP contribution is 2.38. The van der Waals surface area contributed by atoms with Crippen LogP contribution in [0.5, 0.6) is 0 Å². The number of piperazine rings is 1. The molecule has 1 aromatic rings. The summed E-state index contributed by atoms with van der Waals surface area (Å²) >= 11 is 0. The summed E-state index contributed by atoms with van der Waals surface area (Å²) in [6.07, 6.45) is 1.81. The van der Waals surface area contributed by atoms with Gasteiger partial charge in [-0.1, -0.05) is 13.8 Å². The molecule has 0 spiro atoms. The number of carbonyl (C=O) groups is 1. The van der Waals surface area contributed by atoms with Crippen molar-refractivity contribution < 1.29 is 4.79 Å². The molecule has 1 fully saturated rings. The molecule has 5 heteroatoms. The number of hydrogen-bond acceptors (Lipinski definition) is 4. The molecule has 1 aromatic heterocycles. The quantitative estimate of drug-likeness (QED) is 0.882. The van der Waals surface area contributed by atoms with Gasteiger partial charge in [0.15, 0.2) is 0 Å². The second-order valence-corrected chi connectivity index (χ2v) is 6.83. The van der Waals surface area contributed by atoms with Gasteiger partial charge in [-0.25, -0.2) is 0 Å². The number of fused-ring (bicyclic) bond motifs is 1. The highest BCUT2D eigenvalue weighted by molar-refractivity contribution is 5.97. The Morgan fingerprint density at radius 1 is 1.52 bits per heavy atom. The van der Waals surface area contributed by atoms with Crippen molar-refractivity contribution >= 4 is 11.6 Å². The normalized spacial score (nSPS) is 24.9. The standard InChI is InChI=1S/C16H24N4O/c1-12-9-19(8-7-17-12)10-14(21)20-11-16(2,3)15-13(20)5-4-6-18-15/h4-6,12,17H,7-11H2,1-3H3. The second-order valence-electron chi connectivity index (χ2n) is 6.83. The Morgan fingerprint density at radius 2 is 2.33 bits per heavy atom. The van der Waals surface area contributed by atoms with E-state index in [-0.39, 0.29) is 11.3 Å². The number of carbonyl (C=O) groups excluding carboxylic acids is 1. The van der Waals surface area contributed by atoms with Crippen LogP contribution in [0.15, 0.2) is 18.3 Å². The van der Waals surface area contributed by atoms with Crippen LogP contribution in [0.2, 0.25) is 0 Å². The molecule has 0 aliphatic carbocycles. The van der Waals surface area contributed by atoms with Crippen LogP contribution < -0.4 is 10.2 Å². The predicted molar refractivity (Wildman–Crippen MR) is 83.5 cm³/mol. The van der Waals surface area contributed by atoms with E-state index in [1.165, 1.54) is 0 Å². The summed E-state index contributed by atoms with van der Waals surface area (Å²) in [5, 5.41) is 3.41. The molecular formula is C16H24N4O. The lowest BCUT2D eigenvalue weighted by molar-refractivity contribution is -0.120. The van der Waals surface area contributed by atoms with Crippen molar-refractivity contribution in [3.63, 3.8) is 0 Å². The third kappa shape index (κ3) is 2.80. The summed E-state index contributed by atoms with van der Waals surface area (Å²) in [6, 6.07) is 4.37. The van der Waals surface area contributed by atoms with Crippen LogP contribution in [0.3, 0.4) is 0 Å². The summed E-state index contributed by atoms with van der Waals surface area (Å²) in [4.78, 5) is 21.3. The van der Waals surface area contributed by atoms with Gasteiger partial charge in [0.2, 0.25) is 5.91 Å². The van der Waals surface area contributed by atoms with Crippen molar-refractivity contribution in [3.8, 4) is 0 Å². The van der Waals surface area contributed by atoms with E-state index in [0.717, 1.165) is 37.6 Å². The smallest absolute Gasteiger partial charge is 0.241 e. The van der Waals surface area contributed by atoms with E-state index in [2.05, 4.69) is 36.0 Å². The molecule has 3 heterocycles. The lowest BCUT2D eigenvalue weighted by Crippen LogP contribution is -2.52. The molecule has 5 nitrogen and oxygen atoms in total. The lowest BCUT2D eigenvalue weighted by atomic mass is 9.91. The average Bonchev–Trinajstić information content (AvgIpc) is 2.72. The summed E-state index contributed by atoms with van der Waals surface area (Å²) in [5.74, 6) is 0.184. The Hall–Kier alpha value is -1.46. The zero-order chi connectivity index (χ0) is 15.0. The molecule has 3 rings (SSSR count). The molecule has 1 saturated heterocycles. The molecule has 0 aromatic carbocycles. The largest absolute Gasteiger partial charge is 0.312 e. The molecule has 0 bridgehead atoms. The summed E-state index contributed by atoms with van der Waals surface area (Å²) in [5.41, 5.74) is 1.95. The second kappa shape index (κ2) is 5.39. The SMILES string of the molecule is CC1CN(CC(=O)N2CC(C)(C)c3ncccc32)CCN1. The van der Waals surface area contributed by atoms with Gasteiger partial charge in [0.1, 0.15) is 0 Å². The Balaban J connectivity index is 1.74. The number of rotatable bonds is 2. The number of amides is 1. The summed E-state index contributed by atoms with van der Waals surface area (Å²) in [6.45, 7) is 10.5. The maximum absolute atomic E-state index is 12.7. The van der Waals surface area contributed by atoms with Crippen molar-refractivity contribution in [3.05, 3.63) is 24.0 Å². The van der Waals surface area contributed by atoms with E-state index in [9.17, 15) is 4.79 Å². The molecule has 2 aliphatic heterocycles. The van der Waals surface area contributed by atoms with Gasteiger partial charge in [-0.05, 0) is 19.1 Å². The Morgan fingerprint density at radius 3 is 3.10 bits per heavy atom. The molecule has 0 saturated carbocycles. The Labute approximate surface area is 126 Å². The molecule has 1 N–H and O–H groups in total. The van der Waals surface area contributed by atoms with E-state index in [1.54, 1.807) is 0 Å². The molecule has 1 atom stereocenters. The molecular weight excluding hydrogens is 264 g/mol. The molecule has 2 aliphatic rings. The van der Waals surface area contributed by atoms with E-state index >= 15 is 0 Å². The molecule has 1 unspecified atom stereocenters. The fourth-order valence-electron chi connectivity index (χ4n) is 3.35. The number of nitrogens with zero attached hydrogens (tertiary/aromatic N) is 3. The highest BCUT2D eigenvalue weighted by atomic mass is 16.2. The van der Waals surface area contributed by atoms with Gasteiger partial charge in [0.25, 0.3) is 0 Å². The zero-order valence-corrected chi connectivity index (χ0v) is 13.1. The number of anilines is 1. The predicted octanol–water partition coefficient (Wildman–Crippen LogP) is 0.999. The van der Waals surface area contributed by atoms with Gasteiger partial charge in [-0.15, -0.1) is 0 Å². The third-order valence-corrected chi connectivity index (χ3v) is 4.38. The minimum atomic E-state index is -0.0665. The summed E-state index contributed by atoms with van der Waals surface area (Å²) < 4.78 is 0. The summed E-state index contributed by atoms with van der Waals surface area (Å²) in [7, 11) is 0. The van der Waals surface area contributed by atoms with Crippen LogP contribution >= 0.6 is 0 Å². The molecule has 0 radical (unpaired) electrons. The monoisotopic (exact) mass is 288 g/mol. The van der Waals surface area contributed by atoms with E-state index in [0.29, 0.717) is 12.6 Å². The van der Waals surface area contributed by atoms with Crippen LogP contribution in [-0.4, -0.2) is 54.6 Å². The first-order chi connectivity index (χ1) is 9.97. The molecule has 21 heavy (non-hydrogen) atoms.